The van der Waals surface area contributed by atoms with E-state index < -0.39 is 0 Å². The van der Waals surface area contributed by atoms with Crippen molar-refractivity contribution in [1.29, 1.82) is 0 Å². The van der Waals surface area contributed by atoms with Crippen molar-refractivity contribution < 1.29 is 9.90 Å². The van der Waals surface area contributed by atoms with Gasteiger partial charge < -0.3 is 10.4 Å². The van der Waals surface area contributed by atoms with Gasteiger partial charge >= 0.3 is 0 Å². The second-order valence-corrected chi connectivity index (χ2v) is 6.36. The molecule has 1 amide bonds. The molecule has 0 fully saturated rings. The summed E-state index contributed by atoms with van der Waals surface area (Å²) >= 11 is 6.31. The SMILES string of the molecule is O=C(NCc1cc(Br)cs1)c1sccc1C#CCO. The topological polar surface area (TPSA) is 49.3 Å². The zero-order valence-electron chi connectivity index (χ0n) is 9.77. The zero-order valence-corrected chi connectivity index (χ0v) is 13.0. The number of aliphatic hydroxyl groups excluding tert-OH is 1. The molecular formula is C13H10BrNO2S2. The number of carbonyl (C=O) groups excluding carboxylic acids is 1. The van der Waals surface area contributed by atoms with E-state index in [-0.39, 0.29) is 12.5 Å². The first-order chi connectivity index (χ1) is 9.20. The van der Waals surface area contributed by atoms with E-state index in [1.165, 1.54) is 11.3 Å². The summed E-state index contributed by atoms with van der Waals surface area (Å²) < 4.78 is 1.02. The van der Waals surface area contributed by atoms with Crippen LogP contribution in [-0.2, 0) is 6.54 Å². The lowest BCUT2D eigenvalue weighted by Crippen LogP contribution is -2.22. The number of carbonyl (C=O) groups is 1. The number of nitrogens with one attached hydrogen (secondary N) is 1. The molecule has 3 nitrogen and oxygen atoms in total. The molecule has 2 N–H and O–H groups in total. The van der Waals surface area contributed by atoms with Crippen molar-refractivity contribution in [1.82, 2.24) is 5.32 Å². The van der Waals surface area contributed by atoms with Crippen molar-refractivity contribution >= 4 is 44.5 Å². The quantitative estimate of drug-likeness (QED) is 0.831. The van der Waals surface area contributed by atoms with Crippen molar-refractivity contribution in [2.45, 2.75) is 6.54 Å². The molecule has 2 heterocycles. The van der Waals surface area contributed by atoms with Crippen molar-refractivity contribution in [3.8, 4) is 11.8 Å². The van der Waals surface area contributed by atoms with Gasteiger partial charge in [0, 0.05) is 20.3 Å². The molecule has 0 radical (unpaired) electrons. The van der Waals surface area contributed by atoms with E-state index in [9.17, 15) is 4.79 Å². The van der Waals surface area contributed by atoms with Gasteiger partial charge in [-0.25, -0.2) is 0 Å². The second-order valence-electron chi connectivity index (χ2n) is 3.54. The molecular weight excluding hydrogens is 346 g/mol. The van der Waals surface area contributed by atoms with Gasteiger partial charge in [-0.05, 0) is 33.4 Å². The molecule has 0 saturated carbocycles. The summed E-state index contributed by atoms with van der Waals surface area (Å²) in [4.78, 5) is 13.7. The Balaban J connectivity index is 2.02. The van der Waals surface area contributed by atoms with Crippen LogP contribution in [0.15, 0.2) is 27.4 Å². The van der Waals surface area contributed by atoms with Gasteiger partial charge in [0.25, 0.3) is 5.91 Å². The lowest BCUT2D eigenvalue weighted by atomic mass is 10.2. The van der Waals surface area contributed by atoms with Crippen LogP contribution in [0, 0.1) is 11.8 Å². The Kier molecular flexibility index (Phi) is 5.16. The summed E-state index contributed by atoms with van der Waals surface area (Å²) in [6.07, 6.45) is 0. The Morgan fingerprint density at radius 1 is 1.47 bits per heavy atom. The third-order valence-corrected chi connectivity index (χ3v) is 4.83. The normalized spacial score (nSPS) is 9.79. The van der Waals surface area contributed by atoms with Gasteiger partial charge in [-0.2, -0.15) is 0 Å². The van der Waals surface area contributed by atoms with Crippen LogP contribution in [0.25, 0.3) is 0 Å². The van der Waals surface area contributed by atoms with Crippen molar-refractivity contribution in [2.75, 3.05) is 6.61 Å². The molecule has 0 atom stereocenters. The number of rotatable bonds is 3. The van der Waals surface area contributed by atoms with Crippen LogP contribution in [0.5, 0.6) is 0 Å². The second kappa shape index (κ2) is 6.87. The fourth-order valence-electron chi connectivity index (χ4n) is 1.41. The first-order valence-electron chi connectivity index (χ1n) is 5.39. The van der Waals surface area contributed by atoms with E-state index in [1.54, 1.807) is 17.4 Å². The molecule has 0 bridgehead atoms. The molecule has 0 aliphatic rings. The number of hydrogen-bond acceptors (Lipinski definition) is 4. The smallest absolute Gasteiger partial charge is 0.262 e. The average molecular weight is 356 g/mol. The Morgan fingerprint density at radius 3 is 3.00 bits per heavy atom. The van der Waals surface area contributed by atoms with E-state index in [0.29, 0.717) is 17.0 Å². The first-order valence-corrected chi connectivity index (χ1v) is 7.94. The molecule has 6 heteroatoms. The number of halogens is 1. The van der Waals surface area contributed by atoms with Gasteiger partial charge in [-0.15, -0.1) is 22.7 Å². The maximum Gasteiger partial charge on any atom is 0.262 e. The molecule has 0 saturated heterocycles. The largest absolute Gasteiger partial charge is 0.384 e. The van der Waals surface area contributed by atoms with E-state index >= 15 is 0 Å². The summed E-state index contributed by atoms with van der Waals surface area (Å²) in [5, 5.41) is 15.3. The Morgan fingerprint density at radius 2 is 2.32 bits per heavy atom. The molecule has 2 rings (SSSR count). The molecule has 0 spiro atoms. The fraction of sp³-hybridized carbons (Fsp3) is 0.154. The molecule has 2 aromatic rings. The molecule has 0 aliphatic carbocycles. The minimum atomic E-state index is -0.208. The van der Waals surface area contributed by atoms with Crippen molar-refractivity contribution in [2.24, 2.45) is 0 Å². The fourth-order valence-corrected chi connectivity index (χ4v) is 3.57. The lowest BCUT2D eigenvalue weighted by molar-refractivity contribution is 0.0955. The predicted octanol–water partition coefficient (Wildman–Crippen LogP) is 2.85. The third-order valence-electron chi connectivity index (χ3n) is 2.22. The Hall–Kier alpha value is -1.13. The van der Waals surface area contributed by atoms with Crippen LogP contribution >= 0.6 is 38.6 Å². The summed E-state index contributed by atoms with van der Waals surface area (Å²) in [5.74, 6) is 5.18. The van der Waals surface area contributed by atoms with Crippen molar-refractivity contribution in [3.05, 3.63) is 42.7 Å². The Bertz CT molecular complexity index is 636. The van der Waals surface area contributed by atoms with Crippen LogP contribution < -0.4 is 5.32 Å². The highest BCUT2D eigenvalue weighted by molar-refractivity contribution is 9.10. The number of hydrogen-bond donors (Lipinski definition) is 2. The molecule has 2 aromatic heterocycles. The molecule has 19 heavy (non-hydrogen) atoms. The molecule has 0 unspecified atom stereocenters. The van der Waals surface area contributed by atoms with Gasteiger partial charge in [0.1, 0.15) is 11.5 Å². The van der Waals surface area contributed by atoms with E-state index in [1.807, 2.05) is 16.8 Å². The maximum atomic E-state index is 12.0. The average Bonchev–Trinajstić information content (AvgIpc) is 3.02. The summed E-state index contributed by atoms with van der Waals surface area (Å²) in [6, 6.07) is 3.76. The van der Waals surface area contributed by atoms with E-state index in [4.69, 9.17) is 5.11 Å². The molecule has 0 aromatic carbocycles. The molecule has 0 aliphatic heterocycles. The number of amides is 1. The highest BCUT2D eigenvalue weighted by Gasteiger charge is 2.11. The van der Waals surface area contributed by atoms with E-state index in [2.05, 4.69) is 33.1 Å². The van der Waals surface area contributed by atoms with Crippen LogP contribution in [0.3, 0.4) is 0 Å². The van der Waals surface area contributed by atoms with Gasteiger partial charge in [-0.1, -0.05) is 11.8 Å². The summed E-state index contributed by atoms with van der Waals surface area (Å²) in [7, 11) is 0. The minimum absolute atomic E-state index is 0.137. The van der Waals surface area contributed by atoms with Crippen LogP contribution in [0.4, 0.5) is 0 Å². The van der Waals surface area contributed by atoms with Crippen LogP contribution in [0.1, 0.15) is 20.1 Å². The van der Waals surface area contributed by atoms with Gasteiger partial charge in [-0.3, -0.25) is 4.79 Å². The number of aliphatic hydroxyl groups is 1. The summed E-state index contributed by atoms with van der Waals surface area (Å²) in [6.45, 7) is 0.292. The van der Waals surface area contributed by atoms with Gasteiger partial charge in [0.05, 0.1) is 6.54 Å². The van der Waals surface area contributed by atoms with E-state index in [0.717, 1.165) is 9.35 Å². The lowest BCUT2D eigenvalue weighted by Gasteiger charge is -2.02. The minimum Gasteiger partial charge on any atom is -0.384 e. The maximum absolute atomic E-state index is 12.0. The number of thiophene rings is 2. The monoisotopic (exact) mass is 355 g/mol. The summed E-state index contributed by atoms with van der Waals surface area (Å²) in [5.41, 5.74) is 0.656. The van der Waals surface area contributed by atoms with Crippen LogP contribution in [-0.4, -0.2) is 17.6 Å². The first kappa shape index (κ1) is 14.3. The molecule has 98 valence electrons. The van der Waals surface area contributed by atoms with Crippen molar-refractivity contribution in [3.63, 3.8) is 0 Å². The zero-order chi connectivity index (χ0) is 13.7. The van der Waals surface area contributed by atoms with Gasteiger partial charge in [0.15, 0.2) is 0 Å². The van der Waals surface area contributed by atoms with Crippen LogP contribution in [0.2, 0.25) is 0 Å². The third kappa shape index (κ3) is 3.91. The Labute approximate surface area is 127 Å². The predicted molar refractivity (Wildman–Crippen MR) is 81.5 cm³/mol. The van der Waals surface area contributed by atoms with Gasteiger partial charge in [0.2, 0.25) is 0 Å². The highest BCUT2D eigenvalue weighted by atomic mass is 79.9. The standard InChI is InChI=1S/C13H10BrNO2S2/c14-10-6-11(19-8-10)7-15-13(17)12-9(2-1-4-16)3-5-18-12/h3,5-6,8,16H,4,7H2,(H,15,17). The highest BCUT2D eigenvalue weighted by Crippen LogP contribution is 2.20.